The van der Waals surface area contributed by atoms with Crippen LogP contribution in [0, 0.1) is 0 Å². The monoisotopic (exact) mass is 179 g/mol. The Morgan fingerprint density at radius 2 is 2.46 bits per heavy atom. The van der Waals surface area contributed by atoms with Crippen LogP contribution in [0.3, 0.4) is 0 Å². The van der Waals surface area contributed by atoms with Crippen molar-refractivity contribution in [1.29, 1.82) is 0 Å². The molecule has 0 aliphatic heterocycles. The highest BCUT2D eigenvalue weighted by Gasteiger charge is 2.11. The molecule has 0 aromatic carbocycles. The molecule has 0 atom stereocenters. The maximum absolute atomic E-state index is 11.2. The number of anilines is 1. The second kappa shape index (κ2) is 3.01. The summed E-state index contributed by atoms with van der Waals surface area (Å²) >= 11 is 0. The number of carbonyl (C=O) groups is 1. The van der Waals surface area contributed by atoms with Gasteiger partial charge in [-0.05, 0) is 5.21 Å². The number of aromatic amines is 2. The van der Waals surface area contributed by atoms with E-state index in [0.717, 1.165) is 0 Å². The van der Waals surface area contributed by atoms with Gasteiger partial charge in [0.25, 0.3) is 11.7 Å². The number of nitrogens with one attached hydrogen (secondary N) is 3. The Balaban J connectivity index is 2.08. The molecule has 0 saturated carbocycles. The van der Waals surface area contributed by atoms with Gasteiger partial charge in [0, 0.05) is 12.4 Å². The van der Waals surface area contributed by atoms with E-state index in [1.807, 2.05) is 0 Å². The summed E-state index contributed by atoms with van der Waals surface area (Å²) in [6.07, 6.45) is 3.11. The number of tetrazole rings is 1. The van der Waals surface area contributed by atoms with Gasteiger partial charge in [-0.2, -0.15) is 5.21 Å². The molecular weight excluding hydrogens is 174 g/mol. The molecule has 0 saturated heterocycles. The molecule has 0 unspecified atom stereocenters. The van der Waals surface area contributed by atoms with Gasteiger partial charge in [-0.25, -0.2) is 4.98 Å². The van der Waals surface area contributed by atoms with Gasteiger partial charge in [0.05, 0.1) is 0 Å². The second-order valence-corrected chi connectivity index (χ2v) is 2.13. The second-order valence-electron chi connectivity index (χ2n) is 2.13. The topological polar surface area (TPSA) is 112 Å². The van der Waals surface area contributed by atoms with Crippen molar-refractivity contribution >= 4 is 11.9 Å². The first-order chi connectivity index (χ1) is 6.36. The standard InChI is InChI=1S/C5H5N7O/c13-4(3-9-11-12-10-3)8-5-6-1-2-7-5/h1-2H,(H2,6,7,8,13)(H,9,10,11,12). The van der Waals surface area contributed by atoms with Crippen LogP contribution in [0.4, 0.5) is 5.95 Å². The predicted molar refractivity (Wildman–Crippen MR) is 40.7 cm³/mol. The molecule has 0 fully saturated rings. The average molecular weight is 179 g/mol. The van der Waals surface area contributed by atoms with Crippen LogP contribution in [0.15, 0.2) is 12.4 Å². The fourth-order valence-electron chi connectivity index (χ4n) is 0.755. The molecule has 0 aliphatic carbocycles. The molecule has 0 aliphatic rings. The van der Waals surface area contributed by atoms with Gasteiger partial charge in [-0.15, -0.1) is 10.2 Å². The van der Waals surface area contributed by atoms with Crippen molar-refractivity contribution in [2.45, 2.75) is 0 Å². The van der Waals surface area contributed by atoms with E-state index in [2.05, 4.69) is 35.9 Å². The Bertz CT molecular complexity index is 377. The van der Waals surface area contributed by atoms with Gasteiger partial charge in [0.15, 0.2) is 0 Å². The summed E-state index contributed by atoms with van der Waals surface area (Å²) in [5.74, 6) is -0.157. The summed E-state index contributed by atoms with van der Waals surface area (Å²) in [6, 6.07) is 0. The Hall–Kier alpha value is -2.25. The van der Waals surface area contributed by atoms with Crippen molar-refractivity contribution in [3.8, 4) is 0 Å². The van der Waals surface area contributed by atoms with Crippen molar-refractivity contribution in [3.05, 3.63) is 18.2 Å². The minimum absolute atomic E-state index is 0.0311. The van der Waals surface area contributed by atoms with Crippen LogP contribution < -0.4 is 5.32 Å². The molecule has 1 amide bonds. The third-order valence-electron chi connectivity index (χ3n) is 1.28. The number of hydrogen-bond donors (Lipinski definition) is 3. The maximum atomic E-state index is 11.2. The lowest BCUT2D eigenvalue weighted by atomic mass is 10.6. The summed E-state index contributed by atoms with van der Waals surface area (Å²) in [7, 11) is 0. The molecule has 2 aromatic rings. The highest BCUT2D eigenvalue weighted by atomic mass is 16.2. The van der Waals surface area contributed by atoms with Gasteiger partial charge in [0.1, 0.15) is 0 Å². The zero-order chi connectivity index (χ0) is 9.10. The summed E-state index contributed by atoms with van der Waals surface area (Å²) in [5.41, 5.74) is 0. The van der Waals surface area contributed by atoms with Crippen LogP contribution in [0.5, 0.6) is 0 Å². The Labute approximate surface area is 71.8 Å². The van der Waals surface area contributed by atoms with E-state index in [9.17, 15) is 4.79 Å². The number of imidazole rings is 1. The summed E-state index contributed by atoms with van der Waals surface area (Å²) in [5, 5.41) is 14.8. The van der Waals surface area contributed by atoms with Gasteiger partial charge < -0.3 is 4.98 Å². The minimum atomic E-state index is -0.469. The largest absolute Gasteiger partial charge is 0.331 e. The van der Waals surface area contributed by atoms with Crippen LogP contribution >= 0.6 is 0 Å². The third kappa shape index (κ3) is 1.50. The first-order valence-corrected chi connectivity index (χ1v) is 3.40. The van der Waals surface area contributed by atoms with Crippen LogP contribution in [-0.2, 0) is 0 Å². The normalized spacial score (nSPS) is 9.85. The third-order valence-corrected chi connectivity index (χ3v) is 1.28. The quantitative estimate of drug-likeness (QED) is 0.557. The lowest BCUT2D eigenvalue weighted by molar-refractivity contribution is 0.101. The molecule has 2 rings (SSSR count). The van der Waals surface area contributed by atoms with E-state index in [0.29, 0.717) is 5.95 Å². The number of aromatic nitrogens is 6. The number of hydrogen-bond acceptors (Lipinski definition) is 5. The zero-order valence-corrected chi connectivity index (χ0v) is 6.35. The first kappa shape index (κ1) is 7.40. The van der Waals surface area contributed by atoms with Crippen LogP contribution in [-0.4, -0.2) is 36.5 Å². The van der Waals surface area contributed by atoms with Gasteiger partial charge in [0.2, 0.25) is 5.95 Å². The molecule has 3 N–H and O–H groups in total. The van der Waals surface area contributed by atoms with E-state index >= 15 is 0 Å². The molecule has 8 heteroatoms. The Morgan fingerprint density at radius 1 is 1.54 bits per heavy atom. The van der Waals surface area contributed by atoms with E-state index in [-0.39, 0.29) is 5.82 Å². The lowest BCUT2D eigenvalue weighted by Gasteiger charge is -1.94. The molecule has 2 aromatic heterocycles. The van der Waals surface area contributed by atoms with Crippen molar-refractivity contribution in [2.24, 2.45) is 0 Å². The highest BCUT2D eigenvalue weighted by Crippen LogP contribution is 1.96. The van der Waals surface area contributed by atoms with Crippen molar-refractivity contribution in [2.75, 3.05) is 5.32 Å². The lowest BCUT2D eigenvalue weighted by Crippen LogP contribution is -2.14. The molecule has 0 spiro atoms. The number of carbonyl (C=O) groups excluding carboxylic acids is 1. The molecule has 8 nitrogen and oxygen atoms in total. The molecular formula is C5H5N7O. The summed E-state index contributed by atoms with van der Waals surface area (Å²) in [4.78, 5) is 17.7. The van der Waals surface area contributed by atoms with Crippen molar-refractivity contribution < 1.29 is 4.79 Å². The maximum Gasteiger partial charge on any atom is 0.299 e. The Morgan fingerprint density at radius 3 is 3.08 bits per heavy atom. The van der Waals surface area contributed by atoms with E-state index in [1.54, 1.807) is 6.20 Å². The van der Waals surface area contributed by atoms with E-state index < -0.39 is 5.91 Å². The Kier molecular flexibility index (Phi) is 1.71. The van der Waals surface area contributed by atoms with E-state index in [4.69, 9.17) is 0 Å². The zero-order valence-electron chi connectivity index (χ0n) is 6.35. The highest BCUT2D eigenvalue weighted by molar-refractivity contribution is 6.00. The average Bonchev–Trinajstić information content (AvgIpc) is 2.74. The minimum Gasteiger partial charge on any atom is -0.331 e. The first-order valence-electron chi connectivity index (χ1n) is 3.40. The smallest absolute Gasteiger partial charge is 0.299 e. The molecule has 0 bridgehead atoms. The van der Waals surface area contributed by atoms with Gasteiger partial charge in [-0.1, -0.05) is 0 Å². The van der Waals surface area contributed by atoms with Crippen molar-refractivity contribution in [3.63, 3.8) is 0 Å². The summed E-state index contributed by atoms with van der Waals surface area (Å²) in [6.45, 7) is 0. The van der Waals surface area contributed by atoms with Crippen LogP contribution in [0.25, 0.3) is 0 Å². The number of nitrogens with zero attached hydrogens (tertiary/aromatic N) is 4. The van der Waals surface area contributed by atoms with Crippen LogP contribution in [0.2, 0.25) is 0 Å². The fraction of sp³-hybridized carbons (Fsp3) is 0. The van der Waals surface area contributed by atoms with Crippen molar-refractivity contribution in [1.82, 2.24) is 30.6 Å². The van der Waals surface area contributed by atoms with Gasteiger partial charge in [-0.3, -0.25) is 10.1 Å². The molecule has 0 radical (unpaired) electrons. The predicted octanol–water partition coefficient (Wildman–Crippen LogP) is -0.825. The number of amides is 1. The van der Waals surface area contributed by atoms with E-state index in [1.165, 1.54) is 6.20 Å². The molecule has 2 heterocycles. The van der Waals surface area contributed by atoms with Gasteiger partial charge >= 0.3 is 0 Å². The van der Waals surface area contributed by atoms with Crippen LogP contribution in [0.1, 0.15) is 10.6 Å². The molecule has 66 valence electrons. The summed E-state index contributed by atoms with van der Waals surface area (Å²) < 4.78 is 0. The fourth-order valence-corrected chi connectivity index (χ4v) is 0.755. The number of H-pyrrole nitrogens is 2. The molecule has 13 heavy (non-hydrogen) atoms. The number of rotatable bonds is 2. The SMILES string of the molecule is O=C(Nc1ncc[nH]1)c1nn[nH]n1.